The van der Waals surface area contributed by atoms with E-state index < -0.39 is 12.1 Å². The summed E-state index contributed by atoms with van der Waals surface area (Å²) >= 11 is 0. The van der Waals surface area contributed by atoms with Gasteiger partial charge in [-0.15, -0.1) is 0 Å². The number of rotatable bonds is 4. The zero-order valence-corrected chi connectivity index (χ0v) is 22.8. The molecule has 4 bridgehead atoms. The minimum Gasteiger partial charge on any atom is -0.493 e. The van der Waals surface area contributed by atoms with Crippen molar-refractivity contribution < 1.29 is 28.6 Å². The minimum absolute atomic E-state index is 0.0289. The average Bonchev–Trinajstić information content (AvgIpc) is 3.51. The van der Waals surface area contributed by atoms with Gasteiger partial charge >= 0.3 is 0 Å². The number of nitrogens with one attached hydrogen (secondary N) is 3. The molecule has 3 aliphatic rings. The van der Waals surface area contributed by atoms with E-state index >= 15 is 0 Å². The number of carbonyl (C=O) groups excluding carboxylic acids is 3. The van der Waals surface area contributed by atoms with Crippen molar-refractivity contribution in [2.75, 3.05) is 26.8 Å². The van der Waals surface area contributed by atoms with Crippen molar-refractivity contribution >= 4 is 17.7 Å². The predicted octanol–water partition coefficient (Wildman–Crippen LogP) is 2.06. The molecule has 1 aromatic heterocycles. The second kappa shape index (κ2) is 11.7. The summed E-state index contributed by atoms with van der Waals surface area (Å²) < 4.78 is 17.3. The van der Waals surface area contributed by atoms with Crippen molar-refractivity contribution in [3.8, 4) is 17.2 Å². The lowest BCUT2D eigenvalue weighted by molar-refractivity contribution is -0.130. The van der Waals surface area contributed by atoms with E-state index in [0.717, 1.165) is 22.5 Å². The Morgan fingerprint density at radius 1 is 1.12 bits per heavy atom. The Hall–Kier alpha value is -4.54. The number of fused-ring (bicyclic) bond motifs is 7. The molecule has 6 rings (SSSR count). The standard InChI is InChI=1S/C29H33N5O6/c1-17-18(2)32-33-22(17)9-11-28(36)34-14-23-26(15-34)40-21-7-4-19(5-8-21)13-30-27(35)16-39-25-12-20(29(37)31-23)6-10-24(25)38-3/h4-8,10,12,23,26H,9,11,13-16H2,1-3H3,(H,30,35)(H,31,37)(H,32,33)/t23-,26-/m0/s1. The van der Waals surface area contributed by atoms with Gasteiger partial charge < -0.3 is 29.7 Å². The van der Waals surface area contributed by atoms with E-state index in [1.54, 1.807) is 17.0 Å². The van der Waals surface area contributed by atoms with Crippen LogP contribution in [0.3, 0.4) is 0 Å². The van der Waals surface area contributed by atoms with Crippen LogP contribution < -0.4 is 24.8 Å². The van der Waals surface area contributed by atoms with Crippen LogP contribution in [0.4, 0.5) is 0 Å². The molecular weight excluding hydrogens is 514 g/mol. The van der Waals surface area contributed by atoms with Crippen LogP contribution in [0.15, 0.2) is 42.5 Å². The molecule has 210 valence electrons. The number of nitrogens with zero attached hydrogens (tertiary/aromatic N) is 2. The highest BCUT2D eigenvalue weighted by Crippen LogP contribution is 2.29. The molecular formula is C29H33N5O6. The van der Waals surface area contributed by atoms with Gasteiger partial charge in [0.15, 0.2) is 18.1 Å². The van der Waals surface area contributed by atoms with Gasteiger partial charge in [-0.2, -0.15) is 5.10 Å². The molecule has 0 unspecified atom stereocenters. The van der Waals surface area contributed by atoms with Crippen LogP contribution in [0.25, 0.3) is 0 Å². The molecule has 3 amide bonds. The van der Waals surface area contributed by atoms with E-state index in [2.05, 4.69) is 20.8 Å². The van der Waals surface area contributed by atoms with E-state index in [0.29, 0.717) is 49.5 Å². The molecule has 2 atom stereocenters. The molecule has 3 N–H and O–H groups in total. The number of aromatic nitrogens is 2. The number of H-pyrrole nitrogens is 1. The number of hydrogen-bond donors (Lipinski definition) is 3. The quantitative estimate of drug-likeness (QED) is 0.455. The first-order valence-corrected chi connectivity index (χ1v) is 13.2. The summed E-state index contributed by atoms with van der Waals surface area (Å²) in [6.07, 6.45) is 0.371. The third-order valence-electron chi connectivity index (χ3n) is 7.35. The van der Waals surface area contributed by atoms with E-state index in [1.807, 2.05) is 38.1 Å². The number of aryl methyl sites for hydroxylation is 2. The van der Waals surface area contributed by atoms with Crippen LogP contribution in [-0.4, -0.2) is 71.8 Å². The number of ether oxygens (including phenoxy) is 3. The van der Waals surface area contributed by atoms with E-state index in [-0.39, 0.29) is 30.1 Å². The monoisotopic (exact) mass is 547 g/mol. The topological polar surface area (TPSA) is 135 Å². The number of amides is 3. The van der Waals surface area contributed by atoms with Crippen molar-refractivity contribution in [1.82, 2.24) is 25.7 Å². The van der Waals surface area contributed by atoms with Gasteiger partial charge in [-0.25, -0.2) is 0 Å². The Labute approximate surface area is 232 Å². The van der Waals surface area contributed by atoms with Gasteiger partial charge in [-0.3, -0.25) is 19.5 Å². The van der Waals surface area contributed by atoms with Crippen LogP contribution in [-0.2, 0) is 22.6 Å². The fraction of sp³-hybridized carbons (Fsp3) is 0.379. The third kappa shape index (κ3) is 6.03. The minimum atomic E-state index is -0.461. The zero-order valence-electron chi connectivity index (χ0n) is 22.8. The Morgan fingerprint density at radius 3 is 2.65 bits per heavy atom. The summed E-state index contributed by atoms with van der Waals surface area (Å²) in [7, 11) is 1.49. The number of methoxy groups -OCH3 is 1. The lowest BCUT2D eigenvalue weighted by Crippen LogP contribution is -2.45. The Morgan fingerprint density at radius 2 is 1.93 bits per heavy atom. The molecule has 0 radical (unpaired) electrons. The lowest BCUT2D eigenvalue weighted by Gasteiger charge is -2.21. The fourth-order valence-electron chi connectivity index (χ4n) is 4.84. The average molecular weight is 548 g/mol. The summed E-state index contributed by atoms with van der Waals surface area (Å²) in [6, 6.07) is 11.7. The van der Waals surface area contributed by atoms with Crippen LogP contribution >= 0.6 is 0 Å². The molecule has 4 heterocycles. The number of benzene rings is 2. The van der Waals surface area contributed by atoms with Crippen molar-refractivity contribution in [1.29, 1.82) is 0 Å². The predicted molar refractivity (Wildman–Crippen MR) is 145 cm³/mol. The highest BCUT2D eigenvalue weighted by molar-refractivity contribution is 5.95. The van der Waals surface area contributed by atoms with Gasteiger partial charge in [-0.1, -0.05) is 12.1 Å². The molecule has 0 saturated carbocycles. The molecule has 3 aliphatic heterocycles. The Balaban J connectivity index is 1.37. The second-order valence-electron chi connectivity index (χ2n) is 10.0. The van der Waals surface area contributed by atoms with Crippen LogP contribution in [0.5, 0.6) is 17.2 Å². The van der Waals surface area contributed by atoms with Crippen LogP contribution in [0, 0.1) is 13.8 Å². The highest BCUT2D eigenvalue weighted by atomic mass is 16.5. The molecule has 40 heavy (non-hydrogen) atoms. The molecule has 3 aromatic rings. The first-order chi connectivity index (χ1) is 19.3. The summed E-state index contributed by atoms with van der Waals surface area (Å²) in [6.45, 7) is 4.67. The largest absolute Gasteiger partial charge is 0.493 e. The molecule has 1 fully saturated rings. The number of likely N-dealkylation sites (tertiary alicyclic amines) is 1. The van der Waals surface area contributed by atoms with Gasteiger partial charge in [0.25, 0.3) is 11.8 Å². The smallest absolute Gasteiger partial charge is 0.258 e. The number of hydrogen-bond acceptors (Lipinski definition) is 7. The van der Waals surface area contributed by atoms with Gasteiger partial charge in [0.1, 0.15) is 11.9 Å². The van der Waals surface area contributed by atoms with Gasteiger partial charge in [0.2, 0.25) is 5.91 Å². The van der Waals surface area contributed by atoms with E-state index in [4.69, 9.17) is 14.2 Å². The first-order valence-electron chi connectivity index (χ1n) is 13.2. The molecule has 11 heteroatoms. The molecule has 1 saturated heterocycles. The molecule has 2 aromatic carbocycles. The number of aromatic amines is 1. The van der Waals surface area contributed by atoms with Gasteiger partial charge in [-0.05, 0) is 55.3 Å². The van der Waals surface area contributed by atoms with Crippen LogP contribution in [0.1, 0.15) is 39.3 Å². The SMILES string of the molecule is COc1ccc2cc1OCC(=O)NCc1ccc(cc1)O[C@H]1CN(C(=O)CCc3n[nH]c(C)c3C)C[C@@H]1NC2=O. The van der Waals surface area contributed by atoms with Gasteiger partial charge in [0, 0.05) is 37.2 Å². The second-order valence-corrected chi connectivity index (χ2v) is 10.0. The van der Waals surface area contributed by atoms with Crippen molar-refractivity contribution in [2.45, 2.75) is 45.4 Å². The number of carbonyl (C=O) groups is 3. The highest BCUT2D eigenvalue weighted by Gasteiger charge is 2.38. The summed E-state index contributed by atoms with van der Waals surface area (Å²) in [5.74, 6) is 0.595. The van der Waals surface area contributed by atoms with E-state index in [9.17, 15) is 14.4 Å². The summed E-state index contributed by atoms with van der Waals surface area (Å²) in [5, 5.41) is 13.1. The first kappa shape index (κ1) is 27.0. The van der Waals surface area contributed by atoms with Gasteiger partial charge in [0.05, 0.1) is 25.4 Å². The maximum Gasteiger partial charge on any atom is 0.258 e. The molecule has 0 aliphatic carbocycles. The Kier molecular flexibility index (Phi) is 7.90. The Bertz CT molecular complexity index is 1400. The molecule has 0 spiro atoms. The molecule has 11 nitrogen and oxygen atoms in total. The summed E-state index contributed by atoms with van der Waals surface area (Å²) in [4.78, 5) is 40.6. The summed E-state index contributed by atoms with van der Waals surface area (Å²) in [5.41, 5.74) is 4.15. The third-order valence-corrected chi connectivity index (χ3v) is 7.35. The maximum absolute atomic E-state index is 13.3. The fourth-order valence-corrected chi connectivity index (χ4v) is 4.84. The normalized spacial score (nSPS) is 19.1. The zero-order chi connectivity index (χ0) is 28.2. The maximum atomic E-state index is 13.3. The van der Waals surface area contributed by atoms with Crippen molar-refractivity contribution in [2.24, 2.45) is 0 Å². The van der Waals surface area contributed by atoms with E-state index in [1.165, 1.54) is 13.2 Å². The van der Waals surface area contributed by atoms with Crippen LogP contribution in [0.2, 0.25) is 0 Å². The van der Waals surface area contributed by atoms with Crippen molar-refractivity contribution in [3.05, 3.63) is 70.5 Å². The van der Waals surface area contributed by atoms with Crippen molar-refractivity contribution in [3.63, 3.8) is 0 Å². The lowest BCUT2D eigenvalue weighted by atomic mass is 10.1.